The minimum absolute atomic E-state index is 0.00775. The smallest absolute Gasteiger partial charge is 0.0878 e. The molecule has 1 aliphatic rings. The van der Waals surface area contributed by atoms with E-state index in [1.165, 1.54) is 5.57 Å². The van der Waals surface area contributed by atoms with Gasteiger partial charge in [0.05, 0.1) is 17.8 Å². The Labute approximate surface area is 141 Å². The fraction of sp³-hybridized carbons (Fsp3) is 0.700. The number of hydrogen-bond acceptors (Lipinski definition) is 3. The summed E-state index contributed by atoms with van der Waals surface area (Å²) >= 11 is 0. The minimum atomic E-state index is -1.04. The van der Waals surface area contributed by atoms with Gasteiger partial charge >= 0.3 is 0 Å². The summed E-state index contributed by atoms with van der Waals surface area (Å²) < 4.78 is 0. The van der Waals surface area contributed by atoms with Crippen molar-refractivity contribution in [1.82, 2.24) is 0 Å². The Balaban J connectivity index is 3.10. The van der Waals surface area contributed by atoms with E-state index >= 15 is 0 Å². The molecule has 0 spiro atoms. The van der Waals surface area contributed by atoms with Crippen molar-refractivity contribution in [2.75, 3.05) is 0 Å². The zero-order chi connectivity index (χ0) is 17.6. The number of aliphatic hydroxyl groups is 3. The summed E-state index contributed by atoms with van der Waals surface area (Å²) in [5.74, 6) is 0.374. The summed E-state index contributed by atoms with van der Waals surface area (Å²) in [6, 6.07) is 0. The monoisotopic (exact) mass is 322 g/mol. The lowest BCUT2D eigenvalue weighted by Crippen LogP contribution is -2.37. The molecular formula is C20H34O3. The molecule has 0 aromatic rings. The van der Waals surface area contributed by atoms with E-state index in [1.807, 2.05) is 33.8 Å². The normalized spacial score (nSPS) is 40.7. The Morgan fingerprint density at radius 3 is 2.48 bits per heavy atom. The van der Waals surface area contributed by atoms with Crippen LogP contribution >= 0.6 is 0 Å². The van der Waals surface area contributed by atoms with Gasteiger partial charge in [-0.05, 0) is 50.5 Å². The largest absolute Gasteiger partial charge is 0.389 e. The first-order chi connectivity index (χ1) is 10.6. The lowest BCUT2D eigenvalue weighted by atomic mass is 9.82. The fourth-order valence-electron chi connectivity index (χ4n) is 2.87. The number of hydrogen-bond donors (Lipinski definition) is 3. The van der Waals surface area contributed by atoms with Crippen molar-refractivity contribution in [1.29, 1.82) is 0 Å². The van der Waals surface area contributed by atoms with Crippen LogP contribution in [0.1, 0.15) is 60.3 Å². The lowest BCUT2D eigenvalue weighted by molar-refractivity contribution is 0.00127. The van der Waals surface area contributed by atoms with Crippen LogP contribution in [-0.2, 0) is 0 Å². The second-order valence-electron chi connectivity index (χ2n) is 7.51. The summed E-state index contributed by atoms with van der Waals surface area (Å²) in [6.07, 6.45) is 9.26. The van der Waals surface area contributed by atoms with E-state index in [0.717, 1.165) is 12.8 Å². The molecule has 0 bridgehead atoms. The Kier molecular flexibility index (Phi) is 7.72. The molecule has 3 nitrogen and oxygen atoms in total. The van der Waals surface area contributed by atoms with Crippen molar-refractivity contribution in [3.63, 3.8) is 0 Å². The van der Waals surface area contributed by atoms with Gasteiger partial charge in [-0.15, -0.1) is 0 Å². The maximum atomic E-state index is 10.9. The Bertz CT molecular complexity index is 462. The lowest BCUT2D eigenvalue weighted by Gasteiger charge is -2.32. The molecule has 3 N–H and O–H groups in total. The Hall–Kier alpha value is -0.900. The van der Waals surface area contributed by atoms with E-state index < -0.39 is 17.8 Å². The third-order valence-corrected chi connectivity index (χ3v) is 4.86. The third-order valence-electron chi connectivity index (χ3n) is 4.86. The van der Waals surface area contributed by atoms with Crippen LogP contribution in [0.4, 0.5) is 0 Å². The van der Waals surface area contributed by atoms with Gasteiger partial charge in [-0.1, -0.05) is 50.6 Å². The topological polar surface area (TPSA) is 60.7 Å². The summed E-state index contributed by atoms with van der Waals surface area (Å²) in [5, 5.41) is 31.5. The second-order valence-corrected chi connectivity index (χ2v) is 7.51. The molecule has 0 heterocycles. The highest BCUT2D eigenvalue weighted by Gasteiger charge is 2.31. The maximum absolute atomic E-state index is 10.9. The Morgan fingerprint density at radius 2 is 1.87 bits per heavy atom. The van der Waals surface area contributed by atoms with Gasteiger partial charge in [-0.25, -0.2) is 0 Å². The standard InChI is InChI=1S/C20H34O3/c1-14(2)20(23)10-9-15(3)7-6-8-16(4)11-18(21)12-17(5)19(22)13-20/h8-10,12,14-15,18-19,21-23H,6-7,11,13H2,1-5H3/b10-9+,16-8+,17-12+/t15-,18-,19+,20+/m0/s1. The summed E-state index contributed by atoms with van der Waals surface area (Å²) in [6.45, 7) is 9.91. The molecule has 0 unspecified atom stereocenters. The van der Waals surface area contributed by atoms with Crippen molar-refractivity contribution in [3.05, 3.63) is 35.5 Å². The molecule has 1 rings (SSSR count). The van der Waals surface area contributed by atoms with Crippen LogP contribution in [0.2, 0.25) is 0 Å². The molecule has 23 heavy (non-hydrogen) atoms. The van der Waals surface area contributed by atoms with Crippen molar-refractivity contribution in [2.24, 2.45) is 11.8 Å². The van der Waals surface area contributed by atoms with Gasteiger partial charge < -0.3 is 15.3 Å². The molecule has 0 fully saturated rings. The molecule has 1 aliphatic carbocycles. The highest BCUT2D eigenvalue weighted by Crippen LogP contribution is 2.28. The average molecular weight is 322 g/mol. The first-order valence-electron chi connectivity index (χ1n) is 8.76. The van der Waals surface area contributed by atoms with Gasteiger partial charge in [0.1, 0.15) is 0 Å². The molecule has 0 radical (unpaired) electrons. The van der Waals surface area contributed by atoms with Gasteiger partial charge in [-0.3, -0.25) is 0 Å². The van der Waals surface area contributed by atoms with E-state index in [2.05, 4.69) is 19.1 Å². The van der Waals surface area contributed by atoms with Crippen LogP contribution in [0.3, 0.4) is 0 Å². The van der Waals surface area contributed by atoms with Gasteiger partial charge in [0.15, 0.2) is 0 Å². The average Bonchev–Trinajstić information content (AvgIpc) is 2.43. The predicted molar refractivity (Wildman–Crippen MR) is 96.1 cm³/mol. The van der Waals surface area contributed by atoms with Crippen molar-refractivity contribution < 1.29 is 15.3 Å². The second kappa shape index (κ2) is 8.81. The zero-order valence-electron chi connectivity index (χ0n) is 15.3. The van der Waals surface area contributed by atoms with Gasteiger partial charge in [0.2, 0.25) is 0 Å². The maximum Gasteiger partial charge on any atom is 0.0878 e. The first-order valence-corrected chi connectivity index (χ1v) is 8.76. The van der Waals surface area contributed by atoms with Crippen LogP contribution in [0, 0.1) is 11.8 Å². The fourth-order valence-corrected chi connectivity index (χ4v) is 2.87. The quantitative estimate of drug-likeness (QED) is 0.644. The minimum Gasteiger partial charge on any atom is -0.389 e. The van der Waals surface area contributed by atoms with Crippen molar-refractivity contribution in [2.45, 2.75) is 78.1 Å². The molecule has 0 amide bonds. The molecule has 0 aliphatic heterocycles. The number of allylic oxidation sites excluding steroid dienone is 2. The van der Waals surface area contributed by atoms with Gasteiger partial charge in [0.25, 0.3) is 0 Å². The zero-order valence-corrected chi connectivity index (χ0v) is 15.3. The SMILES string of the molecule is C/C1=C\CC[C@H](C)/C=C/[C@](O)(C(C)C)C[C@@H](O)/C(C)=C/[C@@H](O)C1. The highest BCUT2D eigenvalue weighted by atomic mass is 16.3. The van der Waals surface area contributed by atoms with Gasteiger partial charge in [0, 0.05) is 6.42 Å². The first kappa shape index (κ1) is 20.1. The van der Waals surface area contributed by atoms with Crippen LogP contribution in [0.25, 0.3) is 0 Å². The van der Waals surface area contributed by atoms with E-state index in [1.54, 1.807) is 6.08 Å². The molecule has 132 valence electrons. The molecular weight excluding hydrogens is 288 g/mol. The third kappa shape index (κ3) is 6.62. The Morgan fingerprint density at radius 1 is 1.22 bits per heavy atom. The molecule has 4 atom stereocenters. The van der Waals surface area contributed by atoms with Gasteiger partial charge in [-0.2, -0.15) is 0 Å². The van der Waals surface area contributed by atoms with Crippen LogP contribution in [0.5, 0.6) is 0 Å². The summed E-state index contributed by atoms with van der Waals surface area (Å²) in [4.78, 5) is 0. The van der Waals surface area contributed by atoms with E-state index in [-0.39, 0.29) is 12.3 Å². The van der Waals surface area contributed by atoms with Crippen LogP contribution < -0.4 is 0 Å². The van der Waals surface area contributed by atoms with Crippen molar-refractivity contribution in [3.8, 4) is 0 Å². The van der Waals surface area contributed by atoms with E-state index in [9.17, 15) is 15.3 Å². The summed E-state index contributed by atoms with van der Waals surface area (Å²) in [7, 11) is 0. The van der Waals surface area contributed by atoms with E-state index in [0.29, 0.717) is 17.9 Å². The van der Waals surface area contributed by atoms with Crippen molar-refractivity contribution >= 4 is 0 Å². The van der Waals surface area contributed by atoms with E-state index in [4.69, 9.17) is 0 Å². The molecule has 0 saturated heterocycles. The molecule has 0 saturated carbocycles. The predicted octanol–water partition coefficient (Wildman–Crippen LogP) is 3.75. The van der Waals surface area contributed by atoms with Crippen LogP contribution in [0.15, 0.2) is 35.5 Å². The molecule has 3 heteroatoms. The summed E-state index contributed by atoms with van der Waals surface area (Å²) in [5.41, 5.74) is 0.842. The highest BCUT2D eigenvalue weighted by molar-refractivity contribution is 5.15. The molecule has 0 aromatic heterocycles. The number of rotatable bonds is 1. The molecule has 0 aromatic carbocycles. The van der Waals surface area contributed by atoms with Crippen LogP contribution in [-0.4, -0.2) is 33.1 Å². The number of aliphatic hydroxyl groups excluding tert-OH is 2.